The topological polar surface area (TPSA) is 49.4 Å². The van der Waals surface area contributed by atoms with Gasteiger partial charge in [0.25, 0.3) is 5.91 Å². The third-order valence-corrected chi connectivity index (χ3v) is 4.34. The first kappa shape index (κ1) is 14.6. The number of rotatable bonds is 3. The monoisotopic (exact) mass is 274 g/mol. The molecule has 1 N–H and O–H groups in total. The van der Waals surface area contributed by atoms with Crippen LogP contribution in [0.1, 0.15) is 39.2 Å². The second-order valence-corrected chi connectivity index (χ2v) is 5.42. The summed E-state index contributed by atoms with van der Waals surface area (Å²) in [4.78, 5) is 26.8. The first-order valence-electron chi connectivity index (χ1n) is 7.18. The van der Waals surface area contributed by atoms with Crippen LogP contribution in [0.25, 0.3) is 0 Å². The van der Waals surface area contributed by atoms with E-state index in [1.54, 1.807) is 11.8 Å². The average Bonchev–Trinajstić information content (AvgIpc) is 2.45. The molecule has 4 nitrogen and oxygen atoms in total. The van der Waals surface area contributed by atoms with Gasteiger partial charge in [-0.1, -0.05) is 32.0 Å². The van der Waals surface area contributed by atoms with Crippen molar-refractivity contribution in [2.24, 2.45) is 0 Å². The van der Waals surface area contributed by atoms with Crippen LogP contribution in [0.3, 0.4) is 0 Å². The number of hydrogen-bond donors (Lipinski definition) is 1. The zero-order valence-electron chi connectivity index (χ0n) is 12.6. The van der Waals surface area contributed by atoms with Gasteiger partial charge < -0.3 is 5.32 Å². The van der Waals surface area contributed by atoms with Crippen LogP contribution in [0, 0.1) is 6.92 Å². The van der Waals surface area contributed by atoms with Crippen molar-refractivity contribution in [3.63, 3.8) is 0 Å². The molecule has 2 rings (SSSR count). The molecule has 0 saturated carbocycles. The quantitative estimate of drug-likeness (QED) is 0.920. The van der Waals surface area contributed by atoms with Crippen LogP contribution < -0.4 is 10.2 Å². The molecule has 1 unspecified atom stereocenters. The number of nitrogens with one attached hydrogen (secondary N) is 1. The molecule has 4 heteroatoms. The number of anilines is 1. The van der Waals surface area contributed by atoms with Crippen molar-refractivity contribution in [3.8, 4) is 0 Å². The van der Waals surface area contributed by atoms with Crippen LogP contribution in [-0.2, 0) is 9.59 Å². The summed E-state index contributed by atoms with van der Waals surface area (Å²) in [5, 5.41) is 2.92. The minimum absolute atomic E-state index is 0.0103. The maximum atomic E-state index is 12.9. The molecule has 1 aromatic rings. The highest BCUT2D eigenvalue weighted by Gasteiger charge is 2.48. The molecule has 1 heterocycles. The lowest BCUT2D eigenvalue weighted by atomic mass is 9.87. The van der Waals surface area contributed by atoms with Gasteiger partial charge in [0, 0.05) is 5.69 Å². The van der Waals surface area contributed by atoms with Gasteiger partial charge in [-0.05, 0) is 38.3 Å². The minimum Gasteiger partial charge on any atom is -0.340 e. The molecule has 1 aliphatic heterocycles. The molecule has 1 saturated heterocycles. The Morgan fingerprint density at radius 2 is 1.80 bits per heavy atom. The lowest BCUT2D eigenvalue weighted by Crippen LogP contribution is -2.69. The summed E-state index contributed by atoms with van der Waals surface area (Å²) in [5.74, 6) is -0.0968. The highest BCUT2D eigenvalue weighted by atomic mass is 16.2. The summed E-state index contributed by atoms with van der Waals surface area (Å²) >= 11 is 0. The van der Waals surface area contributed by atoms with Crippen LogP contribution in [0.15, 0.2) is 24.3 Å². The molecule has 1 aromatic carbocycles. The first-order chi connectivity index (χ1) is 9.46. The average molecular weight is 274 g/mol. The number of amides is 2. The zero-order valence-corrected chi connectivity index (χ0v) is 12.6. The molecular weight excluding hydrogens is 252 g/mol. The number of hydrogen-bond acceptors (Lipinski definition) is 2. The number of aryl methyl sites for hydroxylation is 1. The van der Waals surface area contributed by atoms with E-state index in [0.717, 1.165) is 11.3 Å². The summed E-state index contributed by atoms with van der Waals surface area (Å²) < 4.78 is 0. The van der Waals surface area contributed by atoms with E-state index in [2.05, 4.69) is 5.32 Å². The van der Waals surface area contributed by atoms with E-state index >= 15 is 0 Å². The standard InChI is InChI=1S/C16H22N2O2/c1-5-16(6-2)15(20)18(12(4)14(19)17-16)13-10-8-7-9-11(13)3/h7-10,12H,5-6H2,1-4H3,(H,17,19). The number of para-hydroxylation sites is 1. The van der Waals surface area contributed by atoms with Crippen LogP contribution in [0.4, 0.5) is 5.69 Å². The highest BCUT2D eigenvalue weighted by Crippen LogP contribution is 2.31. The van der Waals surface area contributed by atoms with Gasteiger partial charge in [0.1, 0.15) is 11.6 Å². The van der Waals surface area contributed by atoms with E-state index in [-0.39, 0.29) is 11.8 Å². The molecule has 0 spiro atoms. The molecule has 108 valence electrons. The van der Waals surface area contributed by atoms with Crippen molar-refractivity contribution in [3.05, 3.63) is 29.8 Å². The Labute approximate surface area is 120 Å². The third kappa shape index (κ3) is 2.09. The SMILES string of the molecule is CCC1(CC)NC(=O)C(C)N(c2ccccc2C)C1=O. The maximum Gasteiger partial charge on any atom is 0.253 e. The van der Waals surface area contributed by atoms with Gasteiger partial charge in [-0.25, -0.2) is 0 Å². The molecule has 1 aliphatic rings. The van der Waals surface area contributed by atoms with Crippen molar-refractivity contribution in [1.29, 1.82) is 0 Å². The van der Waals surface area contributed by atoms with Gasteiger partial charge in [0.05, 0.1) is 0 Å². The fourth-order valence-corrected chi connectivity index (χ4v) is 2.80. The Bertz CT molecular complexity index is 535. The smallest absolute Gasteiger partial charge is 0.253 e. The van der Waals surface area contributed by atoms with Crippen molar-refractivity contribution in [1.82, 2.24) is 5.32 Å². The second-order valence-electron chi connectivity index (χ2n) is 5.42. The molecule has 1 fully saturated rings. The maximum absolute atomic E-state index is 12.9. The van der Waals surface area contributed by atoms with Crippen molar-refractivity contribution in [2.75, 3.05) is 4.90 Å². The lowest BCUT2D eigenvalue weighted by molar-refractivity contribution is -0.138. The van der Waals surface area contributed by atoms with Crippen LogP contribution in [-0.4, -0.2) is 23.4 Å². The molecule has 0 radical (unpaired) electrons. The van der Waals surface area contributed by atoms with Crippen LogP contribution in [0.2, 0.25) is 0 Å². The van der Waals surface area contributed by atoms with E-state index < -0.39 is 11.6 Å². The Balaban J connectivity index is 2.52. The van der Waals surface area contributed by atoms with Crippen molar-refractivity contribution in [2.45, 2.75) is 52.1 Å². The van der Waals surface area contributed by atoms with Crippen molar-refractivity contribution < 1.29 is 9.59 Å². The summed E-state index contributed by atoms with van der Waals surface area (Å²) in [7, 11) is 0. The fraction of sp³-hybridized carbons (Fsp3) is 0.500. The normalized spacial score (nSPS) is 21.8. The fourth-order valence-electron chi connectivity index (χ4n) is 2.80. The predicted octanol–water partition coefficient (Wildman–Crippen LogP) is 2.41. The van der Waals surface area contributed by atoms with E-state index in [1.807, 2.05) is 45.0 Å². The Kier molecular flexibility index (Phi) is 3.84. The Morgan fingerprint density at radius 1 is 1.20 bits per heavy atom. The number of benzene rings is 1. The second kappa shape index (κ2) is 5.27. The van der Waals surface area contributed by atoms with E-state index in [4.69, 9.17) is 0 Å². The van der Waals surface area contributed by atoms with Gasteiger partial charge in [-0.3, -0.25) is 14.5 Å². The van der Waals surface area contributed by atoms with Gasteiger partial charge in [-0.2, -0.15) is 0 Å². The summed E-state index contributed by atoms with van der Waals surface area (Å²) in [6.07, 6.45) is 1.20. The molecular formula is C16H22N2O2. The van der Waals surface area contributed by atoms with Crippen molar-refractivity contribution >= 4 is 17.5 Å². The highest BCUT2D eigenvalue weighted by molar-refractivity contribution is 6.10. The first-order valence-corrected chi connectivity index (χ1v) is 7.18. The third-order valence-electron chi connectivity index (χ3n) is 4.34. The number of piperazine rings is 1. The molecule has 0 bridgehead atoms. The minimum atomic E-state index is -0.772. The predicted molar refractivity (Wildman–Crippen MR) is 79.6 cm³/mol. The number of carbonyl (C=O) groups is 2. The number of carbonyl (C=O) groups excluding carboxylic acids is 2. The van der Waals surface area contributed by atoms with Crippen LogP contribution >= 0.6 is 0 Å². The van der Waals surface area contributed by atoms with Gasteiger partial charge in [-0.15, -0.1) is 0 Å². The van der Waals surface area contributed by atoms with E-state index in [9.17, 15) is 9.59 Å². The number of nitrogens with zero attached hydrogens (tertiary/aromatic N) is 1. The largest absolute Gasteiger partial charge is 0.340 e. The zero-order chi connectivity index (χ0) is 14.9. The lowest BCUT2D eigenvalue weighted by Gasteiger charge is -2.44. The molecule has 20 heavy (non-hydrogen) atoms. The summed E-state index contributed by atoms with van der Waals surface area (Å²) in [6, 6.07) is 7.22. The Hall–Kier alpha value is -1.84. The Morgan fingerprint density at radius 3 is 2.35 bits per heavy atom. The van der Waals surface area contributed by atoms with E-state index in [1.165, 1.54) is 0 Å². The molecule has 0 aliphatic carbocycles. The van der Waals surface area contributed by atoms with Gasteiger partial charge >= 0.3 is 0 Å². The molecule has 0 aromatic heterocycles. The van der Waals surface area contributed by atoms with Gasteiger partial charge in [0.2, 0.25) is 5.91 Å². The summed E-state index contributed by atoms with van der Waals surface area (Å²) in [5.41, 5.74) is 1.06. The van der Waals surface area contributed by atoms with Gasteiger partial charge in [0.15, 0.2) is 0 Å². The molecule has 2 amide bonds. The summed E-state index contributed by atoms with van der Waals surface area (Å²) in [6.45, 7) is 7.61. The van der Waals surface area contributed by atoms with Crippen LogP contribution in [0.5, 0.6) is 0 Å². The van der Waals surface area contributed by atoms with E-state index in [0.29, 0.717) is 12.8 Å². The molecule has 1 atom stereocenters.